The van der Waals surface area contributed by atoms with Crippen molar-refractivity contribution in [3.63, 3.8) is 0 Å². The number of aryl methyl sites for hydroxylation is 2. The molecule has 12 rings (SSSR count). The number of hydrogen-bond donors (Lipinski definition) is 0. The minimum Gasteiger partial charge on any atom is -0.309 e. The topological polar surface area (TPSA) is 3.24 Å². The molecule has 0 amide bonds. The molecule has 0 fully saturated rings. The molecule has 0 aliphatic heterocycles. The van der Waals surface area contributed by atoms with Gasteiger partial charge in [0.2, 0.25) is 0 Å². The van der Waals surface area contributed by atoms with Crippen molar-refractivity contribution in [2.24, 2.45) is 0 Å². The lowest BCUT2D eigenvalue weighted by atomic mass is 9.80. The molecule has 62 heavy (non-hydrogen) atoms. The Hall–Kier alpha value is -7.48. The van der Waals surface area contributed by atoms with Crippen molar-refractivity contribution in [1.29, 1.82) is 0 Å². The van der Waals surface area contributed by atoms with E-state index in [4.69, 9.17) is 0 Å². The number of nitrogens with zero attached hydrogens (tertiary/aromatic N) is 1. The lowest BCUT2D eigenvalue weighted by Crippen LogP contribution is -2.17. The van der Waals surface area contributed by atoms with E-state index in [1.54, 1.807) is 0 Å². The largest absolute Gasteiger partial charge is 0.309 e. The average Bonchev–Trinajstić information content (AvgIpc) is 3.54. The van der Waals surface area contributed by atoms with Gasteiger partial charge in [0.05, 0.1) is 11.4 Å². The normalized spacial score (nSPS) is 13.0. The predicted octanol–water partition coefficient (Wildman–Crippen LogP) is 17.2. The molecule has 0 saturated carbocycles. The maximum atomic E-state index is 2.50. The third kappa shape index (κ3) is 5.41. The summed E-state index contributed by atoms with van der Waals surface area (Å²) >= 11 is 0. The zero-order valence-corrected chi connectivity index (χ0v) is 35.5. The van der Waals surface area contributed by atoms with E-state index in [9.17, 15) is 0 Å². The quantitative estimate of drug-likeness (QED) is 0.157. The molecule has 1 aliphatic carbocycles. The fraction of sp³-hybridized carbons (Fsp3) is 0.0820. The van der Waals surface area contributed by atoms with Gasteiger partial charge in [0.1, 0.15) is 0 Å². The maximum absolute atomic E-state index is 2.50. The molecule has 0 heterocycles. The molecule has 1 nitrogen and oxygen atoms in total. The fourth-order valence-corrected chi connectivity index (χ4v) is 10.8. The van der Waals surface area contributed by atoms with Gasteiger partial charge in [0.25, 0.3) is 0 Å². The molecule has 11 aromatic rings. The zero-order chi connectivity index (χ0) is 41.7. The summed E-state index contributed by atoms with van der Waals surface area (Å²) in [7, 11) is 0. The molecular weight excluding hydrogens is 747 g/mol. The molecule has 0 saturated heterocycles. The Labute approximate surface area is 363 Å². The van der Waals surface area contributed by atoms with Crippen LogP contribution in [0.2, 0.25) is 0 Å². The van der Waals surface area contributed by atoms with Crippen LogP contribution in [0.3, 0.4) is 0 Å². The van der Waals surface area contributed by atoms with Crippen LogP contribution in [0.15, 0.2) is 200 Å². The second kappa shape index (κ2) is 13.8. The summed E-state index contributed by atoms with van der Waals surface area (Å²) in [6, 6.07) is 74.9. The summed E-state index contributed by atoms with van der Waals surface area (Å²) in [5.74, 6) is 0. The van der Waals surface area contributed by atoms with Crippen molar-refractivity contribution >= 4 is 70.9 Å². The summed E-state index contributed by atoms with van der Waals surface area (Å²) < 4.78 is 0. The van der Waals surface area contributed by atoms with Gasteiger partial charge in [-0.2, -0.15) is 0 Å². The second-order valence-corrected chi connectivity index (χ2v) is 17.7. The number of benzene rings is 11. The molecule has 1 heteroatoms. The number of fused-ring (bicyclic) bond motifs is 8. The Morgan fingerprint density at radius 3 is 1.31 bits per heavy atom. The van der Waals surface area contributed by atoms with E-state index in [1.165, 1.54) is 121 Å². The van der Waals surface area contributed by atoms with Gasteiger partial charge >= 0.3 is 0 Å². The summed E-state index contributed by atoms with van der Waals surface area (Å²) in [6.07, 6.45) is 0. The van der Waals surface area contributed by atoms with Crippen molar-refractivity contribution in [1.82, 2.24) is 0 Å². The summed E-state index contributed by atoms with van der Waals surface area (Å²) in [5, 5.41) is 12.7. The summed E-state index contributed by atoms with van der Waals surface area (Å²) in [6.45, 7) is 9.26. The predicted molar refractivity (Wildman–Crippen MR) is 267 cm³/mol. The molecule has 1 aliphatic rings. The van der Waals surface area contributed by atoms with E-state index < -0.39 is 0 Å². The van der Waals surface area contributed by atoms with Crippen molar-refractivity contribution in [3.05, 3.63) is 222 Å². The number of hydrogen-bond acceptors (Lipinski definition) is 1. The van der Waals surface area contributed by atoms with Gasteiger partial charge < -0.3 is 4.90 Å². The van der Waals surface area contributed by atoms with E-state index in [0.29, 0.717) is 0 Å². The van der Waals surface area contributed by atoms with Gasteiger partial charge in [-0.1, -0.05) is 178 Å². The van der Waals surface area contributed by atoms with Crippen LogP contribution in [0.1, 0.15) is 36.1 Å². The average molecular weight is 792 g/mol. The highest BCUT2D eigenvalue weighted by Gasteiger charge is 2.37. The van der Waals surface area contributed by atoms with Crippen LogP contribution in [0, 0.1) is 13.8 Å². The summed E-state index contributed by atoms with van der Waals surface area (Å²) in [4.78, 5) is 2.50. The molecule has 11 aromatic carbocycles. The Morgan fingerprint density at radius 2 is 0.758 bits per heavy atom. The monoisotopic (exact) mass is 791 g/mol. The van der Waals surface area contributed by atoms with Gasteiger partial charge in [0, 0.05) is 21.9 Å². The molecule has 0 radical (unpaired) electrons. The minimum absolute atomic E-state index is 0.246. The van der Waals surface area contributed by atoms with E-state index >= 15 is 0 Å². The smallest absolute Gasteiger partial charge is 0.0540 e. The van der Waals surface area contributed by atoms with E-state index in [2.05, 4.69) is 233 Å². The molecular formula is C61H45N. The standard InChI is InChI=1S/C61H45N/c1-38-25-33-57(49-19-9-7-17-45(38)49)62(58-34-26-39(2)46-18-8-10-20-50(46)58)44-30-32-48-47-31-29-43(36-55(47)61(3,4)56(48)37-44)60-53-23-13-11-21-51(53)59(52-22-12-14-24-54(52)60)42-28-27-40-15-5-6-16-41(40)35-42/h5-37H,1-4H3. The maximum Gasteiger partial charge on any atom is 0.0540 e. The second-order valence-electron chi connectivity index (χ2n) is 17.7. The van der Waals surface area contributed by atoms with Crippen molar-refractivity contribution in [2.75, 3.05) is 4.90 Å². The van der Waals surface area contributed by atoms with Crippen LogP contribution >= 0.6 is 0 Å². The van der Waals surface area contributed by atoms with Crippen molar-refractivity contribution < 1.29 is 0 Å². The fourth-order valence-electron chi connectivity index (χ4n) is 10.8. The van der Waals surface area contributed by atoms with Crippen LogP contribution in [-0.4, -0.2) is 0 Å². The Balaban J connectivity index is 1.04. The molecule has 0 spiro atoms. The first kappa shape index (κ1) is 36.4. The highest BCUT2D eigenvalue weighted by atomic mass is 15.1. The Morgan fingerprint density at radius 1 is 0.339 bits per heavy atom. The van der Waals surface area contributed by atoms with Gasteiger partial charge in [-0.15, -0.1) is 0 Å². The van der Waals surface area contributed by atoms with Crippen molar-refractivity contribution in [2.45, 2.75) is 33.1 Å². The van der Waals surface area contributed by atoms with Gasteiger partial charge in [0.15, 0.2) is 0 Å². The SMILES string of the molecule is Cc1ccc(N(c2ccc3c(c2)C(C)(C)c2cc(-c4c5ccccc5c(-c5ccc6ccccc6c5)c5ccccc45)ccc2-3)c2ccc(C)c3ccccc23)c2ccccc12. The Kier molecular flexibility index (Phi) is 8.08. The molecule has 0 unspecified atom stereocenters. The Bertz CT molecular complexity index is 3500. The molecule has 294 valence electrons. The van der Waals surface area contributed by atoms with E-state index in [-0.39, 0.29) is 5.41 Å². The lowest BCUT2D eigenvalue weighted by Gasteiger charge is -2.30. The van der Waals surface area contributed by atoms with Crippen LogP contribution in [0.25, 0.3) is 87.2 Å². The van der Waals surface area contributed by atoms with Crippen molar-refractivity contribution in [3.8, 4) is 33.4 Å². The molecule has 0 bridgehead atoms. The highest BCUT2D eigenvalue weighted by molar-refractivity contribution is 6.22. The van der Waals surface area contributed by atoms with Crippen LogP contribution in [0.5, 0.6) is 0 Å². The number of anilines is 3. The molecule has 0 N–H and O–H groups in total. The van der Waals surface area contributed by atoms with Gasteiger partial charge in [-0.3, -0.25) is 0 Å². The first-order valence-electron chi connectivity index (χ1n) is 21.8. The van der Waals surface area contributed by atoms with Gasteiger partial charge in [-0.25, -0.2) is 0 Å². The minimum atomic E-state index is -0.246. The lowest BCUT2D eigenvalue weighted by molar-refractivity contribution is 0.660. The highest BCUT2D eigenvalue weighted by Crippen LogP contribution is 2.54. The zero-order valence-electron chi connectivity index (χ0n) is 35.5. The van der Waals surface area contributed by atoms with Crippen LogP contribution in [0.4, 0.5) is 17.1 Å². The van der Waals surface area contributed by atoms with Crippen LogP contribution in [-0.2, 0) is 5.41 Å². The third-order valence-electron chi connectivity index (χ3n) is 13.9. The molecule has 0 atom stereocenters. The van der Waals surface area contributed by atoms with E-state index in [0.717, 1.165) is 5.69 Å². The third-order valence-corrected chi connectivity index (χ3v) is 13.9. The van der Waals surface area contributed by atoms with Gasteiger partial charge in [-0.05, 0) is 149 Å². The molecule has 0 aromatic heterocycles. The first-order chi connectivity index (χ1) is 30.3. The first-order valence-corrected chi connectivity index (χ1v) is 21.8. The number of rotatable bonds is 5. The van der Waals surface area contributed by atoms with Crippen LogP contribution < -0.4 is 4.90 Å². The van der Waals surface area contributed by atoms with E-state index in [1.807, 2.05) is 0 Å². The summed E-state index contributed by atoms with van der Waals surface area (Å²) in [5.41, 5.74) is 16.3.